The fraction of sp³-hybridized carbons (Fsp3) is 0.300. The van der Waals surface area contributed by atoms with Gasteiger partial charge >= 0.3 is 0 Å². The Morgan fingerprint density at radius 3 is 2.24 bits per heavy atom. The van der Waals surface area contributed by atoms with Gasteiger partial charge in [-0.05, 0) is 36.4 Å². The van der Waals surface area contributed by atoms with Gasteiger partial charge in [0.05, 0.1) is 17.0 Å². The molecule has 0 atom stereocenters. The van der Waals surface area contributed by atoms with Crippen molar-refractivity contribution in [3.8, 4) is 0 Å². The highest BCUT2D eigenvalue weighted by Gasteiger charge is 2.23. The van der Waals surface area contributed by atoms with Crippen LogP contribution in [0, 0.1) is 0 Å². The number of carbonyl (C=O) groups is 2. The van der Waals surface area contributed by atoms with Crippen LogP contribution in [0.15, 0.2) is 53.4 Å². The SMILES string of the molecule is CS(=O)(=O)c1ccccc1C(=O)NCC(=O)N1CCN(c2ccc(Cl)cc2)CC1. The van der Waals surface area contributed by atoms with Crippen molar-refractivity contribution in [1.29, 1.82) is 0 Å². The lowest BCUT2D eigenvalue weighted by molar-refractivity contribution is -0.130. The molecule has 1 aliphatic heterocycles. The fourth-order valence-corrected chi connectivity index (χ4v) is 4.22. The molecule has 1 heterocycles. The molecule has 2 amide bonds. The summed E-state index contributed by atoms with van der Waals surface area (Å²) in [6, 6.07) is 13.5. The summed E-state index contributed by atoms with van der Waals surface area (Å²) in [5, 5.41) is 3.21. The highest BCUT2D eigenvalue weighted by Crippen LogP contribution is 2.19. The second kappa shape index (κ2) is 8.84. The number of hydrogen-bond donors (Lipinski definition) is 1. The molecule has 3 rings (SSSR count). The number of nitrogens with zero attached hydrogens (tertiary/aromatic N) is 2. The minimum absolute atomic E-state index is 0.0374. The average molecular weight is 436 g/mol. The lowest BCUT2D eigenvalue weighted by atomic mass is 10.2. The van der Waals surface area contributed by atoms with E-state index in [-0.39, 0.29) is 22.9 Å². The Labute approximate surface area is 175 Å². The van der Waals surface area contributed by atoms with Gasteiger partial charge in [-0.1, -0.05) is 23.7 Å². The first kappa shape index (κ1) is 21.1. The molecular weight excluding hydrogens is 414 g/mol. The van der Waals surface area contributed by atoms with Crippen molar-refractivity contribution in [3.63, 3.8) is 0 Å². The number of hydrogen-bond acceptors (Lipinski definition) is 5. The van der Waals surface area contributed by atoms with E-state index in [9.17, 15) is 18.0 Å². The summed E-state index contributed by atoms with van der Waals surface area (Å²) >= 11 is 5.92. The highest BCUT2D eigenvalue weighted by atomic mass is 35.5. The van der Waals surface area contributed by atoms with E-state index in [1.807, 2.05) is 24.3 Å². The smallest absolute Gasteiger partial charge is 0.253 e. The largest absolute Gasteiger partial charge is 0.368 e. The summed E-state index contributed by atoms with van der Waals surface area (Å²) in [6.45, 7) is 2.25. The maximum Gasteiger partial charge on any atom is 0.253 e. The Morgan fingerprint density at radius 2 is 1.62 bits per heavy atom. The van der Waals surface area contributed by atoms with Gasteiger partial charge in [-0.15, -0.1) is 0 Å². The van der Waals surface area contributed by atoms with E-state index < -0.39 is 15.7 Å². The standard InChI is InChI=1S/C20H22ClN3O4S/c1-29(27,28)18-5-3-2-4-17(18)20(26)22-14-19(25)24-12-10-23(11-13-24)16-8-6-15(21)7-9-16/h2-9H,10-14H2,1H3,(H,22,26). The van der Waals surface area contributed by atoms with E-state index >= 15 is 0 Å². The van der Waals surface area contributed by atoms with Crippen LogP contribution in [0.3, 0.4) is 0 Å². The third-order valence-corrected chi connectivity index (χ3v) is 6.16. The highest BCUT2D eigenvalue weighted by molar-refractivity contribution is 7.90. The van der Waals surface area contributed by atoms with Crippen LogP contribution in [0.2, 0.25) is 5.02 Å². The first-order valence-electron chi connectivity index (χ1n) is 9.11. The van der Waals surface area contributed by atoms with Crippen LogP contribution >= 0.6 is 11.6 Å². The van der Waals surface area contributed by atoms with Crippen molar-refractivity contribution in [3.05, 3.63) is 59.1 Å². The van der Waals surface area contributed by atoms with Crippen LogP contribution in [0.25, 0.3) is 0 Å². The Hall–Kier alpha value is -2.58. The third kappa shape index (κ3) is 5.27. The predicted octanol–water partition coefficient (Wildman–Crippen LogP) is 1.82. The van der Waals surface area contributed by atoms with Crippen LogP contribution in [-0.2, 0) is 14.6 Å². The molecule has 1 saturated heterocycles. The molecule has 1 aliphatic rings. The number of carbonyl (C=O) groups excluding carboxylic acids is 2. The number of amides is 2. The fourth-order valence-electron chi connectivity index (χ4n) is 3.21. The molecule has 0 radical (unpaired) electrons. The normalized spacial score (nSPS) is 14.6. The Bertz CT molecular complexity index is 1000. The molecule has 29 heavy (non-hydrogen) atoms. The maximum atomic E-state index is 12.5. The van der Waals surface area contributed by atoms with E-state index in [0.717, 1.165) is 11.9 Å². The molecule has 0 spiro atoms. The summed E-state index contributed by atoms with van der Waals surface area (Å²) in [5.74, 6) is -0.787. The molecule has 2 aromatic rings. The van der Waals surface area contributed by atoms with Gasteiger partial charge in [-0.2, -0.15) is 0 Å². The lowest BCUT2D eigenvalue weighted by Crippen LogP contribution is -2.51. The molecule has 2 aromatic carbocycles. The molecule has 1 fully saturated rings. The summed E-state index contributed by atoms with van der Waals surface area (Å²) < 4.78 is 23.7. The second-order valence-electron chi connectivity index (χ2n) is 6.80. The second-order valence-corrected chi connectivity index (χ2v) is 9.22. The zero-order valence-corrected chi connectivity index (χ0v) is 17.5. The monoisotopic (exact) mass is 435 g/mol. The van der Waals surface area contributed by atoms with Crippen molar-refractivity contribution in [2.24, 2.45) is 0 Å². The number of sulfone groups is 1. The Morgan fingerprint density at radius 1 is 1.00 bits per heavy atom. The molecule has 1 N–H and O–H groups in total. The van der Waals surface area contributed by atoms with Crippen molar-refractivity contribution in [2.75, 3.05) is 43.9 Å². The van der Waals surface area contributed by atoms with Gasteiger partial charge in [0.2, 0.25) is 5.91 Å². The number of piperazine rings is 1. The van der Waals surface area contributed by atoms with Crippen LogP contribution < -0.4 is 10.2 Å². The van der Waals surface area contributed by atoms with E-state index in [1.54, 1.807) is 17.0 Å². The van der Waals surface area contributed by atoms with Gasteiger partial charge < -0.3 is 15.1 Å². The van der Waals surface area contributed by atoms with Crippen LogP contribution in [-0.4, -0.2) is 64.1 Å². The zero-order chi connectivity index (χ0) is 21.0. The molecule has 0 unspecified atom stereocenters. The van der Waals surface area contributed by atoms with E-state index in [1.165, 1.54) is 12.1 Å². The number of rotatable bonds is 5. The molecule has 0 bridgehead atoms. The molecule has 0 saturated carbocycles. The zero-order valence-electron chi connectivity index (χ0n) is 16.0. The van der Waals surface area contributed by atoms with E-state index in [2.05, 4.69) is 10.2 Å². The summed E-state index contributed by atoms with van der Waals surface area (Å²) in [6.07, 6.45) is 1.05. The van der Waals surface area contributed by atoms with Gasteiger partial charge in [0.15, 0.2) is 9.84 Å². The van der Waals surface area contributed by atoms with E-state index in [4.69, 9.17) is 11.6 Å². The summed E-state index contributed by atoms with van der Waals surface area (Å²) in [5.41, 5.74) is 1.09. The van der Waals surface area contributed by atoms with Gasteiger partial charge in [0.1, 0.15) is 0 Å². The topological polar surface area (TPSA) is 86.8 Å². The Balaban J connectivity index is 1.54. The van der Waals surface area contributed by atoms with Gasteiger partial charge in [0, 0.05) is 43.1 Å². The van der Waals surface area contributed by atoms with Crippen molar-refractivity contribution < 1.29 is 18.0 Å². The van der Waals surface area contributed by atoms with Crippen LogP contribution in [0.5, 0.6) is 0 Å². The number of anilines is 1. The van der Waals surface area contributed by atoms with Gasteiger partial charge in [-0.3, -0.25) is 9.59 Å². The van der Waals surface area contributed by atoms with Crippen LogP contribution in [0.4, 0.5) is 5.69 Å². The third-order valence-electron chi connectivity index (χ3n) is 4.76. The molecular formula is C20H22ClN3O4S. The molecule has 7 nitrogen and oxygen atoms in total. The maximum absolute atomic E-state index is 12.5. The summed E-state index contributed by atoms with van der Waals surface area (Å²) in [4.78, 5) is 28.7. The molecule has 0 aromatic heterocycles. The van der Waals surface area contributed by atoms with Gasteiger partial charge in [-0.25, -0.2) is 8.42 Å². The quantitative estimate of drug-likeness (QED) is 0.774. The van der Waals surface area contributed by atoms with E-state index in [0.29, 0.717) is 31.2 Å². The minimum Gasteiger partial charge on any atom is -0.368 e. The van der Waals surface area contributed by atoms with Crippen molar-refractivity contribution >= 4 is 38.9 Å². The number of nitrogens with one attached hydrogen (secondary N) is 1. The lowest BCUT2D eigenvalue weighted by Gasteiger charge is -2.36. The number of benzene rings is 2. The summed E-state index contributed by atoms with van der Waals surface area (Å²) in [7, 11) is -3.54. The van der Waals surface area contributed by atoms with Gasteiger partial charge in [0.25, 0.3) is 5.91 Å². The average Bonchev–Trinajstić information content (AvgIpc) is 2.72. The van der Waals surface area contributed by atoms with Crippen molar-refractivity contribution in [2.45, 2.75) is 4.90 Å². The molecule has 154 valence electrons. The first-order valence-corrected chi connectivity index (χ1v) is 11.4. The predicted molar refractivity (Wildman–Crippen MR) is 112 cm³/mol. The van der Waals surface area contributed by atoms with Crippen molar-refractivity contribution in [1.82, 2.24) is 10.2 Å². The molecule has 0 aliphatic carbocycles. The first-order chi connectivity index (χ1) is 13.8. The number of halogens is 1. The minimum atomic E-state index is -3.54. The Kier molecular flexibility index (Phi) is 6.44. The van der Waals surface area contributed by atoms with Crippen LogP contribution in [0.1, 0.15) is 10.4 Å². The molecule has 9 heteroatoms.